The van der Waals surface area contributed by atoms with E-state index in [1.54, 1.807) is 6.20 Å². The molecule has 130 valence electrons. The van der Waals surface area contributed by atoms with Crippen molar-refractivity contribution in [1.82, 2.24) is 9.90 Å². The molecule has 0 atom stereocenters. The van der Waals surface area contributed by atoms with Gasteiger partial charge in [-0.1, -0.05) is 79.0 Å². The van der Waals surface area contributed by atoms with Crippen LogP contribution in [-0.4, -0.2) is 15.0 Å². The Morgan fingerprint density at radius 1 is 0.840 bits per heavy atom. The Morgan fingerprint density at radius 2 is 1.32 bits per heavy atom. The Bertz CT molecular complexity index is 926. The molecule has 3 rings (SSSR count). The first-order chi connectivity index (χ1) is 11.8. The highest BCUT2D eigenvalue weighted by molar-refractivity contribution is 6.41. The number of hydrogen-bond donors (Lipinski definition) is 1. The average molecular weight is 459 g/mol. The van der Waals surface area contributed by atoms with E-state index in [0.29, 0.717) is 37.2 Å². The molecule has 0 saturated heterocycles. The third-order valence-electron chi connectivity index (χ3n) is 3.30. The molecule has 1 aromatic heterocycles. The van der Waals surface area contributed by atoms with Gasteiger partial charge in [0.1, 0.15) is 11.8 Å². The molecule has 2 aromatic carbocycles. The number of benzene rings is 2. The summed E-state index contributed by atoms with van der Waals surface area (Å²) in [5.41, 5.74) is 1.19. The number of rotatable bonds is 3. The minimum Gasteiger partial charge on any atom is -0.388 e. The fourth-order valence-electron chi connectivity index (χ4n) is 2.27. The van der Waals surface area contributed by atoms with Gasteiger partial charge in [0.2, 0.25) is 0 Å². The molecule has 0 bridgehead atoms. The fourth-order valence-corrected chi connectivity index (χ4v) is 4.24. The summed E-state index contributed by atoms with van der Waals surface area (Å²) in [6.07, 6.45) is 1.56. The molecular weight excluding hydrogens is 451 g/mol. The number of aliphatic hydroxyl groups excluding tert-OH is 1. The van der Waals surface area contributed by atoms with Crippen molar-refractivity contribution in [3.8, 4) is 11.4 Å². The van der Waals surface area contributed by atoms with Crippen LogP contribution in [0.3, 0.4) is 0 Å². The molecule has 25 heavy (non-hydrogen) atoms. The summed E-state index contributed by atoms with van der Waals surface area (Å²) in [4.78, 5) is 0. The lowest BCUT2D eigenvalue weighted by Gasteiger charge is -2.04. The van der Waals surface area contributed by atoms with Crippen LogP contribution < -0.4 is 4.68 Å². The molecule has 0 saturated carbocycles. The molecule has 0 aliphatic heterocycles. The van der Waals surface area contributed by atoms with Gasteiger partial charge >= 0.3 is 0 Å². The first-order valence-electron chi connectivity index (χ1n) is 6.73. The second-order valence-corrected chi connectivity index (χ2v) is 7.46. The zero-order chi connectivity index (χ0) is 18.3. The van der Waals surface area contributed by atoms with E-state index >= 15 is 0 Å². The Labute approximate surface area is 173 Å². The number of aromatic nitrogens is 3. The van der Waals surface area contributed by atoms with Crippen LogP contribution in [0, 0.1) is 0 Å². The molecule has 0 aliphatic carbocycles. The maximum atomic E-state index is 9.69. The standard InChI is InChI=1S/C15H8Cl6N3O/c16-7-1-10(18)14(11(19)2-7)23-5-9(6-25)24(22-23)15-12(20)3-8(17)4-13(15)21/h1-5,25H,6H2/q+1. The minimum atomic E-state index is -0.321. The van der Waals surface area contributed by atoms with Gasteiger partial charge in [-0.2, -0.15) is 0 Å². The number of hydrogen-bond acceptors (Lipinski definition) is 2. The molecule has 0 radical (unpaired) electrons. The van der Waals surface area contributed by atoms with Crippen molar-refractivity contribution in [2.75, 3.05) is 0 Å². The zero-order valence-corrected chi connectivity index (χ0v) is 16.7. The first kappa shape index (κ1) is 19.1. The van der Waals surface area contributed by atoms with Crippen LogP contribution in [0.4, 0.5) is 0 Å². The molecule has 0 unspecified atom stereocenters. The Balaban J connectivity index is 2.24. The lowest BCUT2D eigenvalue weighted by Crippen LogP contribution is -2.34. The van der Waals surface area contributed by atoms with E-state index in [1.165, 1.54) is 33.6 Å². The highest BCUT2D eigenvalue weighted by atomic mass is 35.5. The van der Waals surface area contributed by atoms with Crippen molar-refractivity contribution in [3.63, 3.8) is 0 Å². The van der Waals surface area contributed by atoms with Gasteiger partial charge in [-0.3, -0.25) is 0 Å². The monoisotopic (exact) mass is 456 g/mol. The Kier molecular flexibility index (Phi) is 5.71. The smallest absolute Gasteiger partial charge is 0.200 e. The van der Waals surface area contributed by atoms with Gasteiger partial charge in [-0.25, -0.2) is 0 Å². The van der Waals surface area contributed by atoms with E-state index < -0.39 is 0 Å². The van der Waals surface area contributed by atoms with E-state index in [-0.39, 0.29) is 16.7 Å². The Morgan fingerprint density at radius 3 is 1.80 bits per heavy atom. The van der Waals surface area contributed by atoms with Crippen molar-refractivity contribution >= 4 is 69.6 Å². The Hall–Kier alpha value is -0.720. The molecule has 10 heteroatoms. The van der Waals surface area contributed by atoms with E-state index in [2.05, 4.69) is 5.21 Å². The number of halogens is 6. The fraction of sp³-hybridized carbons (Fsp3) is 0.0667. The number of nitrogens with zero attached hydrogens (tertiary/aromatic N) is 3. The predicted molar refractivity (Wildman–Crippen MR) is 101 cm³/mol. The number of aliphatic hydroxyl groups is 1. The summed E-state index contributed by atoms with van der Waals surface area (Å²) in [6.45, 7) is -0.321. The van der Waals surface area contributed by atoms with Gasteiger partial charge in [0.05, 0.1) is 20.1 Å². The molecular formula is C15H8Cl6N3O+. The molecule has 0 spiro atoms. The summed E-state index contributed by atoms with van der Waals surface area (Å²) in [5.74, 6) is 0. The topological polar surface area (TPSA) is 41.9 Å². The average Bonchev–Trinajstić information content (AvgIpc) is 2.88. The maximum Gasteiger partial charge on any atom is 0.200 e. The van der Waals surface area contributed by atoms with Crippen molar-refractivity contribution in [2.45, 2.75) is 6.61 Å². The van der Waals surface area contributed by atoms with E-state index in [0.717, 1.165) is 0 Å². The van der Waals surface area contributed by atoms with Gasteiger partial charge < -0.3 is 5.11 Å². The highest BCUT2D eigenvalue weighted by Gasteiger charge is 2.26. The quantitative estimate of drug-likeness (QED) is 0.522. The summed E-state index contributed by atoms with van der Waals surface area (Å²) < 4.78 is 2.80. The van der Waals surface area contributed by atoms with Gasteiger partial charge in [0.15, 0.2) is 23.3 Å². The minimum absolute atomic E-state index is 0.274. The van der Waals surface area contributed by atoms with E-state index in [1.807, 2.05) is 0 Å². The van der Waals surface area contributed by atoms with Crippen LogP contribution in [0.15, 0.2) is 30.5 Å². The SMILES string of the molecule is OCc1c[n+](-c2c(Cl)cc(Cl)cc2Cl)nn1-c1c(Cl)cc(Cl)cc1Cl. The van der Waals surface area contributed by atoms with E-state index in [9.17, 15) is 5.11 Å². The molecule has 3 aromatic rings. The second-order valence-electron chi connectivity index (χ2n) is 4.96. The molecule has 4 nitrogen and oxygen atoms in total. The third-order valence-corrected chi connectivity index (χ3v) is 4.88. The van der Waals surface area contributed by atoms with E-state index in [4.69, 9.17) is 69.6 Å². The van der Waals surface area contributed by atoms with Crippen LogP contribution >= 0.6 is 69.6 Å². The largest absolute Gasteiger partial charge is 0.388 e. The van der Waals surface area contributed by atoms with Crippen LogP contribution in [0.1, 0.15) is 5.69 Å². The molecule has 0 amide bonds. The van der Waals surface area contributed by atoms with Crippen molar-refractivity contribution in [3.05, 3.63) is 66.3 Å². The van der Waals surface area contributed by atoms with Crippen molar-refractivity contribution < 1.29 is 9.79 Å². The lowest BCUT2D eigenvalue weighted by molar-refractivity contribution is -0.660. The molecule has 0 aliphatic rings. The molecule has 1 N–H and O–H groups in total. The van der Waals surface area contributed by atoms with Crippen LogP contribution in [0.25, 0.3) is 11.4 Å². The molecule has 0 fully saturated rings. The summed E-state index contributed by atoms with van der Waals surface area (Å²) in [6, 6.07) is 6.13. The first-order valence-corrected chi connectivity index (χ1v) is 9.00. The lowest BCUT2D eigenvalue weighted by atomic mass is 10.3. The summed E-state index contributed by atoms with van der Waals surface area (Å²) in [7, 11) is 0. The molecule has 1 heterocycles. The van der Waals surface area contributed by atoms with Gasteiger partial charge in [-0.05, 0) is 24.3 Å². The third kappa shape index (κ3) is 3.71. The van der Waals surface area contributed by atoms with Crippen molar-refractivity contribution in [1.29, 1.82) is 0 Å². The normalized spacial score (nSPS) is 11.2. The predicted octanol–water partition coefficient (Wildman–Crippen LogP) is 5.56. The maximum absolute atomic E-state index is 9.69. The van der Waals surface area contributed by atoms with Gasteiger partial charge in [-0.15, -0.1) is 0 Å². The summed E-state index contributed by atoms with van der Waals surface area (Å²) >= 11 is 36.8. The van der Waals surface area contributed by atoms with Crippen LogP contribution in [0.2, 0.25) is 30.1 Å². The van der Waals surface area contributed by atoms with Crippen molar-refractivity contribution in [2.24, 2.45) is 0 Å². The van der Waals surface area contributed by atoms with Crippen LogP contribution in [-0.2, 0) is 6.61 Å². The second kappa shape index (κ2) is 7.49. The zero-order valence-electron chi connectivity index (χ0n) is 12.2. The van der Waals surface area contributed by atoms with Crippen LogP contribution in [0.5, 0.6) is 0 Å². The van der Waals surface area contributed by atoms with Gasteiger partial charge in [0.25, 0.3) is 0 Å². The highest BCUT2D eigenvalue weighted by Crippen LogP contribution is 2.33. The summed E-state index contributed by atoms with van der Waals surface area (Å²) in [5, 5.41) is 16.0. The van der Waals surface area contributed by atoms with Gasteiger partial charge in [0, 0.05) is 10.0 Å².